The van der Waals surface area contributed by atoms with E-state index in [9.17, 15) is 19.3 Å². The standard InChI is InChI=1S/C14H11FN2O4/c15-10-3-1-9(2-4-10)8-16-13-7-11(17(20)21)5-6-12(13)14(18)19/h1-7,16H,8H2,(H,18,19). The van der Waals surface area contributed by atoms with Gasteiger partial charge in [-0.1, -0.05) is 12.1 Å². The van der Waals surface area contributed by atoms with E-state index >= 15 is 0 Å². The third kappa shape index (κ3) is 3.53. The van der Waals surface area contributed by atoms with Crippen molar-refractivity contribution in [3.05, 3.63) is 69.5 Å². The Morgan fingerprint density at radius 3 is 2.48 bits per heavy atom. The fourth-order valence-electron chi connectivity index (χ4n) is 1.78. The number of halogens is 1. The van der Waals surface area contributed by atoms with Gasteiger partial charge in [-0.2, -0.15) is 0 Å². The minimum absolute atomic E-state index is 0.0669. The molecule has 2 aromatic rings. The minimum atomic E-state index is -1.19. The number of non-ortho nitro benzene ring substituents is 1. The lowest BCUT2D eigenvalue weighted by Crippen LogP contribution is -2.07. The maximum Gasteiger partial charge on any atom is 0.337 e. The van der Waals surface area contributed by atoms with E-state index in [2.05, 4.69) is 5.32 Å². The summed E-state index contributed by atoms with van der Waals surface area (Å²) in [7, 11) is 0. The number of nitrogens with zero attached hydrogens (tertiary/aromatic N) is 1. The summed E-state index contributed by atoms with van der Waals surface area (Å²) in [6.07, 6.45) is 0. The first-order valence-corrected chi connectivity index (χ1v) is 5.97. The molecule has 7 heteroatoms. The van der Waals surface area contributed by atoms with Gasteiger partial charge in [0.15, 0.2) is 0 Å². The molecule has 0 amide bonds. The zero-order chi connectivity index (χ0) is 15.4. The van der Waals surface area contributed by atoms with E-state index in [-0.39, 0.29) is 29.3 Å². The van der Waals surface area contributed by atoms with Gasteiger partial charge in [0.05, 0.1) is 16.2 Å². The van der Waals surface area contributed by atoms with Gasteiger partial charge >= 0.3 is 5.97 Å². The molecule has 0 aliphatic heterocycles. The number of carboxylic acids is 1. The lowest BCUT2D eigenvalue weighted by Gasteiger charge is -2.09. The van der Waals surface area contributed by atoms with Crippen molar-refractivity contribution in [3.63, 3.8) is 0 Å². The van der Waals surface area contributed by atoms with Gasteiger partial charge in [0.2, 0.25) is 0 Å². The molecule has 0 fully saturated rings. The van der Waals surface area contributed by atoms with Crippen LogP contribution in [0.15, 0.2) is 42.5 Å². The van der Waals surface area contributed by atoms with Gasteiger partial charge in [-0.05, 0) is 23.8 Å². The molecule has 0 spiro atoms. The zero-order valence-electron chi connectivity index (χ0n) is 10.7. The average molecular weight is 290 g/mol. The summed E-state index contributed by atoms with van der Waals surface area (Å²) in [4.78, 5) is 21.2. The van der Waals surface area contributed by atoms with Crippen molar-refractivity contribution >= 4 is 17.3 Å². The Kier molecular flexibility index (Phi) is 4.13. The Bertz CT molecular complexity index is 686. The van der Waals surface area contributed by atoms with Gasteiger partial charge in [0.25, 0.3) is 5.69 Å². The number of anilines is 1. The lowest BCUT2D eigenvalue weighted by atomic mass is 10.1. The Morgan fingerprint density at radius 2 is 1.90 bits per heavy atom. The summed E-state index contributed by atoms with van der Waals surface area (Å²) in [6, 6.07) is 9.11. The molecule has 108 valence electrons. The number of nitro groups is 1. The lowest BCUT2D eigenvalue weighted by molar-refractivity contribution is -0.384. The normalized spacial score (nSPS) is 10.1. The third-order valence-electron chi connectivity index (χ3n) is 2.84. The number of rotatable bonds is 5. The van der Waals surface area contributed by atoms with Crippen molar-refractivity contribution in [2.75, 3.05) is 5.32 Å². The Labute approximate surface area is 119 Å². The van der Waals surface area contributed by atoms with E-state index in [1.165, 1.54) is 18.2 Å². The molecule has 0 heterocycles. The number of aromatic carboxylic acids is 1. The van der Waals surface area contributed by atoms with Crippen LogP contribution in [0.1, 0.15) is 15.9 Å². The highest BCUT2D eigenvalue weighted by atomic mass is 19.1. The first kappa shape index (κ1) is 14.4. The van der Waals surface area contributed by atoms with Crippen LogP contribution in [0.2, 0.25) is 0 Å². The highest BCUT2D eigenvalue weighted by Gasteiger charge is 2.15. The molecule has 6 nitrogen and oxygen atoms in total. The number of carbonyl (C=O) groups is 1. The number of nitrogens with one attached hydrogen (secondary N) is 1. The quantitative estimate of drug-likeness (QED) is 0.652. The zero-order valence-corrected chi connectivity index (χ0v) is 10.7. The van der Waals surface area contributed by atoms with Crippen LogP contribution >= 0.6 is 0 Å². The topological polar surface area (TPSA) is 92.5 Å². The molecule has 0 saturated carbocycles. The van der Waals surface area contributed by atoms with Crippen molar-refractivity contribution in [3.8, 4) is 0 Å². The third-order valence-corrected chi connectivity index (χ3v) is 2.84. The second-order valence-corrected chi connectivity index (χ2v) is 4.27. The largest absolute Gasteiger partial charge is 0.478 e. The van der Waals surface area contributed by atoms with Crippen molar-refractivity contribution in [2.45, 2.75) is 6.54 Å². The van der Waals surface area contributed by atoms with E-state index in [1.54, 1.807) is 12.1 Å². The maximum atomic E-state index is 12.8. The number of benzene rings is 2. The Hall–Kier alpha value is -2.96. The van der Waals surface area contributed by atoms with Crippen LogP contribution < -0.4 is 5.32 Å². The molecular weight excluding hydrogens is 279 g/mol. The van der Waals surface area contributed by atoms with Crippen molar-refractivity contribution < 1.29 is 19.2 Å². The monoisotopic (exact) mass is 290 g/mol. The summed E-state index contributed by atoms with van der Waals surface area (Å²) in [5.74, 6) is -1.56. The number of hydrogen-bond donors (Lipinski definition) is 2. The molecule has 0 saturated heterocycles. The molecule has 0 aliphatic carbocycles. The van der Waals surface area contributed by atoms with Gasteiger partial charge in [0.1, 0.15) is 5.82 Å². The van der Waals surface area contributed by atoms with E-state index in [1.807, 2.05) is 0 Å². The number of hydrogen-bond acceptors (Lipinski definition) is 4. The molecule has 21 heavy (non-hydrogen) atoms. The van der Waals surface area contributed by atoms with Crippen LogP contribution in [-0.2, 0) is 6.54 Å². The van der Waals surface area contributed by atoms with Crippen LogP contribution in [0.5, 0.6) is 0 Å². The van der Waals surface area contributed by atoms with Gasteiger partial charge < -0.3 is 10.4 Å². The van der Waals surface area contributed by atoms with Crippen LogP contribution in [0.25, 0.3) is 0 Å². The van der Waals surface area contributed by atoms with Crippen LogP contribution in [-0.4, -0.2) is 16.0 Å². The van der Waals surface area contributed by atoms with E-state index in [0.29, 0.717) is 0 Å². The molecule has 0 aliphatic rings. The fourth-order valence-corrected chi connectivity index (χ4v) is 1.78. The van der Waals surface area contributed by atoms with Crippen LogP contribution in [0.3, 0.4) is 0 Å². The SMILES string of the molecule is O=C(O)c1ccc([N+](=O)[O-])cc1NCc1ccc(F)cc1. The molecule has 0 atom stereocenters. The highest BCUT2D eigenvalue weighted by Crippen LogP contribution is 2.23. The predicted molar refractivity (Wildman–Crippen MR) is 73.8 cm³/mol. The molecule has 0 aromatic heterocycles. The number of nitro benzene ring substituents is 1. The van der Waals surface area contributed by atoms with Crippen LogP contribution in [0.4, 0.5) is 15.8 Å². The van der Waals surface area contributed by atoms with E-state index in [4.69, 9.17) is 5.11 Å². The van der Waals surface area contributed by atoms with Gasteiger partial charge in [-0.15, -0.1) is 0 Å². The van der Waals surface area contributed by atoms with Gasteiger partial charge in [-0.25, -0.2) is 9.18 Å². The Balaban J connectivity index is 2.24. The second kappa shape index (κ2) is 6.00. The Morgan fingerprint density at radius 1 is 1.24 bits per heavy atom. The predicted octanol–water partition coefficient (Wildman–Crippen LogP) is 3.04. The van der Waals surface area contributed by atoms with Crippen molar-refractivity contribution in [1.82, 2.24) is 0 Å². The summed E-state index contributed by atoms with van der Waals surface area (Å²) in [5, 5.41) is 22.6. The fraction of sp³-hybridized carbons (Fsp3) is 0.0714. The van der Waals surface area contributed by atoms with E-state index < -0.39 is 10.9 Å². The molecule has 2 N–H and O–H groups in total. The summed E-state index contributed by atoms with van der Waals surface area (Å²) >= 11 is 0. The van der Waals surface area contributed by atoms with E-state index in [0.717, 1.165) is 17.7 Å². The van der Waals surface area contributed by atoms with Crippen molar-refractivity contribution in [1.29, 1.82) is 0 Å². The average Bonchev–Trinajstić information content (AvgIpc) is 2.46. The number of carboxylic acid groups (broad SMARTS) is 1. The van der Waals surface area contributed by atoms with Crippen molar-refractivity contribution in [2.24, 2.45) is 0 Å². The first-order chi connectivity index (χ1) is 9.97. The summed E-state index contributed by atoms with van der Waals surface area (Å²) in [6.45, 7) is 0.224. The molecule has 2 rings (SSSR count). The minimum Gasteiger partial charge on any atom is -0.478 e. The highest BCUT2D eigenvalue weighted by molar-refractivity contribution is 5.94. The second-order valence-electron chi connectivity index (χ2n) is 4.27. The molecular formula is C14H11FN2O4. The van der Waals surface area contributed by atoms with Gasteiger partial charge in [-0.3, -0.25) is 10.1 Å². The molecule has 2 aromatic carbocycles. The molecule has 0 radical (unpaired) electrons. The maximum absolute atomic E-state index is 12.8. The van der Waals surface area contributed by atoms with Crippen LogP contribution in [0, 0.1) is 15.9 Å². The summed E-state index contributed by atoms with van der Waals surface area (Å²) < 4.78 is 12.8. The smallest absolute Gasteiger partial charge is 0.337 e. The van der Waals surface area contributed by atoms with Gasteiger partial charge in [0, 0.05) is 18.7 Å². The molecule has 0 bridgehead atoms. The first-order valence-electron chi connectivity index (χ1n) is 5.97. The molecule has 0 unspecified atom stereocenters. The summed E-state index contributed by atoms with van der Waals surface area (Å²) in [5.41, 5.74) is 0.588.